The Labute approximate surface area is 198 Å². The summed E-state index contributed by atoms with van der Waals surface area (Å²) in [6.45, 7) is 0. The van der Waals surface area contributed by atoms with Crippen LogP contribution in [0.2, 0.25) is 0 Å². The van der Waals surface area contributed by atoms with Gasteiger partial charge in [0.25, 0.3) is 0 Å². The molecule has 33 heavy (non-hydrogen) atoms. The average molecular weight is 523 g/mol. The fourth-order valence-corrected chi connectivity index (χ4v) is 3.49. The maximum Gasteiger partial charge on any atom is 0.306 e. The molecule has 0 aliphatic carbocycles. The number of ether oxygens (including phenoxy) is 2. The largest absolute Gasteiger partial charge is 0.469 e. The smallest absolute Gasteiger partial charge is 0.306 e. The van der Waals surface area contributed by atoms with Crippen LogP contribution in [-0.4, -0.2) is 54.5 Å². The third kappa shape index (κ3) is 18.4. The van der Waals surface area contributed by atoms with Crippen molar-refractivity contribution in [2.75, 3.05) is 36.2 Å². The van der Waals surface area contributed by atoms with Crippen molar-refractivity contribution in [1.29, 1.82) is 0 Å². The third-order valence-electron chi connectivity index (χ3n) is 3.43. The standard InChI is InChI=1S/C10H13NO4S.C6H7N.C4H7ClO4S/c1-15-10(12)7-8-16(13,14)11-9-5-3-2-4-6-9;7-6-4-2-1-3-5-6;1-9-4(6)2-3-10(5,7)8/h2-6,11H,7-8H2,1H3;1-5H,7H2;2-3H2,1H3. The van der Waals surface area contributed by atoms with Crippen LogP contribution in [0.3, 0.4) is 0 Å². The molecule has 2 rings (SSSR count). The van der Waals surface area contributed by atoms with E-state index in [0.717, 1.165) is 5.69 Å². The minimum atomic E-state index is -3.56. The Morgan fingerprint density at radius 1 is 0.818 bits per heavy atom. The molecule has 0 heterocycles. The molecular weight excluding hydrogens is 496 g/mol. The number of methoxy groups -OCH3 is 2. The summed E-state index contributed by atoms with van der Waals surface area (Å²) in [6, 6.07) is 18.0. The third-order valence-corrected chi connectivity index (χ3v) is 5.87. The summed E-state index contributed by atoms with van der Waals surface area (Å²) < 4.78 is 54.3. The Morgan fingerprint density at radius 3 is 1.61 bits per heavy atom. The van der Waals surface area contributed by atoms with Gasteiger partial charge in [0.05, 0.1) is 38.6 Å². The van der Waals surface area contributed by atoms with E-state index in [1.807, 2.05) is 30.3 Å². The highest BCUT2D eigenvalue weighted by atomic mass is 35.7. The molecule has 0 spiro atoms. The van der Waals surface area contributed by atoms with Gasteiger partial charge in [0.15, 0.2) is 0 Å². The first-order chi connectivity index (χ1) is 15.4. The molecule has 0 amide bonds. The van der Waals surface area contributed by atoms with Gasteiger partial charge in [0, 0.05) is 22.1 Å². The van der Waals surface area contributed by atoms with Gasteiger partial charge < -0.3 is 15.2 Å². The van der Waals surface area contributed by atoms with Crippen molar-refractivity contribution in [1.82, 2.24) is 0 Å². The molecule has 0 unspecified atom stereocenters. The van der Waals surface area contributed by atoms with Crippen LogP contribution in [0.4, 0.5) is 11.4 Å². The maximum absolute atomic E-state index is 11.5. The maximum atomic E-state index is 11.5. The predicted octanol–water partition coefficient (Wildman–Crippen LogP) is 2.38. The second kappa shape index (κ2) is 15.9. The number of sulfonamides is 1. The van der Waals surface area contributed by atoms with Crippen LogP contribution in [0.5, 0.6) is 0 Å². The van der Waals surface area contributed by atoms with Crippen molar-refractivity contribution in [3.05, 3.63) is 60.7 Å². The zero-order valence-electron chi connectivity index (χ0n) is 18.1. The summed E-state index contributed by atoms with van der Waals surface area (Å²) in [6.07, 6.45) is -0.346. The molecular formula is C20H27ClN2O8S2. The molecule has 10 nitrogen and oxygen atoms in total. The molecule has 2 aromatic carbocycles. The first-order valence-corrected chi connectivity index (χ1v) is 13.4. The van der Waals surface area contributed by atoms with E-state index >= 15 is 0 Å². The van der Waals surface area contributed by atoms with E-state index in [0.29, 0.717) is 5.69 Å². The minimum Gasteiger partial charge on any atom is -0.469 e. The first-order valence-electron chi connectivity index (χ1n) is 9.30. The fourth-order valence-electron chi connectivity index (χ4n) is 1.82. The van der Waals surface area contributed by atoms with Crippen LogP contribution in [0.25, 0.3) is 0 Å². The van der Waals surface area contributed by atoms with Gasteiger partial charge in [-0.3, -0.25) is 14.3 Å². The van der Waals surface area contributed by atoms with Gasteiger partial charge in [-0.15, -0.1) is 0 Å². The number of para-hydroxylation sites is 2. The fraction of sp³-hybridized carbons (Fsp3) is 0.300. The van der Waals surface area contributed by atoms with Gasteiger partial charge in [-0.05, 0) is 24.3 Å². The number of esters is 2. The summed E-state index contributed by atoms with van der Waals surface area (Å²) in [5, 5.41) is 0. The molecule has 0 saturated heterocycles. The summed E-state index contributed by atoms with van der Waals surface area (Å²) >= 11 is 0. The molecule has 0 bridgehead atoms. The summed E-state index contributed by atoms with van der Waals surface area (Å²) in [7, 11) is 0.156. The number of nitrogen functional groups attached to an aromatic ring is 1. The Kier molecular flexibility index (Phi) is 14.5. The molecule has 13 heteroatoms. The van der Waals surface area contributed by atoms with E-state index in [1.165, 1.54) is 14.2 Å². The minimum absolute atomic E-state index is 0.154. The summed E-state index contributed by atoms with van der Waals surface area (Å²) in [5.74, 6) is -1.78. The van der Waals surface area contributed by atoms with E-state index in [2.05, 4.69) is 14.2 Å². The van der Waals surface area contributed by atoms with Crippen LogP contribution in [0, 0.1) is 0 Å². The molecule has 0 radical (unpaired) electrons. The van der Waals surface area contributed by atoms with Gasteiger partial charge in [0.2, 0.25) is 19.1 Å². The first kappa shape index (κ1) is 30.2. The number of rotatable bonds is 8. The van der Waals surface area contributed by atoms with Gasteiger partial charge in [0.1, 0.15) is 0 Å². The Hall–Kier alpha value is -2.83. The molecule has 184 valence electrons. The number of benzene rings is 2. The lowest BCUT2D eigenvalue weighted by atomic mass is 10.3. The van der Waals surface area contributed by atoms with Gasteiger partial charge >= 0.3 is 11.9 Å². The Balaban J connectivity index is 0.000000513. The van der Waals surface area contributed by atoms with Gasteiger partial charge in [-0.1, -0.05) is 36.4 Å². The molecule has 0 aromatic heterocycles. The Morgan fingerprint density at radius 2 is 1.24 bits per heavy atom. The van der Waals surface area contributed by atoms with Crippen molar-refractivity contribution in [2.24, 2.45) is 0 Å². The normalized spacial score (nSPS) is 10.4. The molecule has 0 saturated carbocycles. The zero-order chi connectivity index (χ0) is 25.3. The highest BCUT2D eigenvalue weighted by molar-refractivity contribution is 8.13. The van der Waals surface area contributed by atoms with E-state index < -0.39 is 31.0 Å². The lowest BCUT2D eigenvalue weighted by molar-refractivity contribution is -0.141. The number of nitrogens with two attached hydrogens (primary N) is 1. The molecule has 0 fully saturated rings. The van der Waals surface area contributed by atoms with Gasteiger partial charge in [-0.2, -0.15) is 0 Å². The monoisotopic (exact) mass is 522 g/mol. The molecule has 0 aliphatic rings. The number of carbonyl (C=O) groups excluding carboxylic acids is 2. The van der Waals surface area contributed by atoms with Gasteiger partial charge in [-0.25, -0.2) is 16.8 Å². The topological polar surface area (TPSA) is 159 Å². The van der Waals surface area contributed by atoms with Crippen molar-refractivity contribution in [2.45, 2.75) is 12.8 Å². The number of hydrogen-bond donors (Lipinski definition) is 2. The van der Waals surface area contributed by atoms with Crippen LogP contribution < -0.4 is 10.5 Å². The van der Waals surface area contributed by atoms with Crippen molar-refractivity contribution in [3.63, 3.8) is 0 Å². The van der Waals surface area contributed by atoms with Crippen LogP contribution in [0.15, 0.2) is 60.7 Å². The van der Waals surface area contributed by atoms with Crippen LogP contribution >= 0.6 is 10.7 Å². The lowest BCUT2D eigenvalue weighted by Crippen LogP contribution is -2.19. The van der Waals surface area contributed by atoms with Crippen molar-refractivity contribution in [3.8, 4) is 0 Å². The van der Waals surface area contributed by atoms with E-state index in [4.69, 9.17) is 16.4 Å². The summed E-state index contributed by atoms with van der Waals surface area (Å²) in [4.78, 5) is 21.1. The van der Waals surface area contributed by atoms with Crippen LogP contribution in [-0.2, 0) is 38.1 Å². The second-order valence-electron chi connectivity index (χ2n) is 6.09. The lowest BCUT2D eigenvalue weighted by Gasteiger charge is -2.06. The Bertz CT molecular complexity index is 1050. The highest BCUT2D eigenvalue weighted by Gasteiger charge is 2.13. The highest BCUT2D eigenvalue weighted by Crippen LogP contribution is 2.08. The van der Waals surface area contributed by atoms with Crippen molar-refractivity contribution < 1.29 is 35.9 Å². The van der Waals surface area contributed by atoms with E-state index in [9.17, 15) is 26.4 Å². The second-order valence-corrected chi connectivity index (χ2v) is 10.8. The number of nitrogens with one attached hydrogen (secondary N) is 1. The quantitative estimate of drug-likeness (QED) is 0.301. The molecule has 3 N–H and O–H groups in total. The number of halogens is 1. The molecule has 2 aromatic rings. The van der Waals surface area contributed by atoms with E-state index in [1.54, 1.807) is 30.3 Å². The van der Waals surface area contributed by atoms with E-state index in [-0.39, 0.29) is 24.3 Å². The SMILES string of the molecule is COC(=O)CCS(=O)(=O)Cl.COC(=O)CCS(=O)(=O)Nc1ccccc1.Nc1ccccc1. The average Bonchev–Trinajstić information content (AvgIpc) is 2.77. The molecule has 0 aliphatic heterocycles. The predicted molar refractivity (Wildman–Crippen MR) is 128 cm³/mol. The summed E-state index contributed by atoms with van der Waals surface area (Å²) in [5.41, 5.74) is 6.66. The molecule has 0 atom stereocenters. The number of carbonyl (C=O) groups is 2. The zero-order valence-corrected chi connectivity index (χ0v) is 20.5. The van der Waals surface area contributed by atoms with Crippen LogP contribution in [0.1, 0.15) is 12.8 Å². The number of hydrogen-bond acceptors (Lipinski definition) is 9. The van der Waals surface area contributed by atoms with Crippen molar-refractivity contribution >= 4 is 53.1 Å². The number of anilines is 2.